The maximum Gasteiger partial charge on any atom is 0.0668 e. The summed E-state index contributed by atoms with van der Waals surface area (Å²) in [6.07, 6.45) is 3.43. The first-order valence-corrected chi connectivity index (χ1v) is 10.6. The maximum absolute atomic E-state index is 5.95. The van der Waals surface area contributed by atoms with Gasteiger partial charge in [0.2, 0.25) is 0 Å². The van der Waals surface area contributed by atoms with Crippen molar-refractivity contribution in [3.63, 3.8) is 0 Å². The quantitative estimate of drug-likeness (QED) is 0.388. The summed E-state index contributed by atoms with van der Waals surface area (Å²) in [6.45, 7) is 9.33. The number of unbranched alkanes of at least 4 members (excludes halogenated alkanes) is 2. The van der Waals surface area contributed by atoms with Crippen LogP contribution >= 0.6 is 11.6 Å². The highest BCUT2D eigenvalue weighted by molar-refractivity contribution is 6.78. The fourth-order valence-electron chi connectivity index (χ4n) is 1.89. The van der Waals surface area contributed by atoms with E-state index in [0.717, 1.165) is 11.4 Å². The van der Waals surface area contributed by atoms with Gasteiger partial charge < -0.3 is 0 Å². The molecule has 0 amide bonds. The SMILES string of the molecule is CCCCC#CC(c1ccc(Cl)cc1)[Si](C)(C)C. The fraction of sp³-hybridized carbons (Fsp3) is 0.500. The molecule has 1 unspecified atom stereocenters. The van der Waals surface area contributed by atoms with E-state index in [2.05, 4.69) is 50.5 Å². The van der Waals surface area contributed by atoms with E-state index >= 15 is 0 Å². The molecule has 98 valence electrons. The van der Waals surface area contributed by atoms with E-state index in [1.54, 1.807) is 0 Å². The van der Waals surface area contributed by atoms with Crippen LogP contribution in [0.1, 0.15) is 37.3 Å². The van der Waals surface area contributed by atoms with Gasteiger partial charge in [-0.15, -0.1) is 5.92 Å². The van der Waals surface area contributed by atoms with Crippen molar-refractivity contribution in [2.45, 2.75) is 51.4 Å². The van der Waals surface area contributed by atoms with Gasteiger partial charge >= 0.3 is 0 Å². The second-order valence-electron chi connectivity index (χ2n) is 5.78. The standard InChI is InChI=1S/C16H23ClSi/c1-5-6-7-8-9-16(18(2,3)4)14-10-12-15(17)13-11-14/h10-13,16H,5-7H2,1-4H3. The summed E-state index contributed by atoms with van der Waals surface area (Å²) in [7, 11) is -1.32. The highest BCUT2D eigenvalue weighted by atomic mass is 35.5. The number of hydrogen-bond acceptors (Lipinski definition) is 0. The average Bonchev–Trinajstić information content (AvgIpc) is 2.29. The van der Waals surface area contributed by atoms with Gasteiger partial charge in [-0.1, -0.05) is 62.6 Å². The average molecular weight is 279 g/mol. The first-order chi connectivity index (χ1) is 8.45. The van der Waals surface area contributed by atoms with E-state index in [-0.39, 0.29) is 0 Å². The summed E-state index contributed by atoms with van der Waals surface area (Å²) < 4.78 is 0. The summed E-state index contributed by atoms with van der Waals surface area (Å²) in [6, 6.07) is 8.19. The van der Waals surface area contributed by atoms with E-state index in [0.29, 0.717) is 5.54 Å². The van der Waals surface area contributed by atoms with Crippen molar-refractivity contribution >= 4 is 19.7 Å². The largest absolute Gasteiger partial charge is 0.103 e. The van der Waals surface area contributed by atoms with E-state index in [4.69, 9.17) is 11.6 Å². The van der Waals surface area contributed by atoms with Crippen LogP contribution in [0.3, 0.4) is 0 Å². The van der Waals surface area contributed by atoms with Crippen LogP contribution in [0.2, 0.25) is 24.7 Å². The summed E-state index contributed by atoms with van der Waals surface area (Å²) in [5.41, 5.74) is 1.73. The van der Waals surface area contributed by atoms with Crippen LogP contribution < -0.4 is 0 Å². The topological polar surface area (TPSA) is 0 Å². The van der Waals surface area contributed by atoms with Gasteiger partial charge in [-0.3, -0.25) is 0 Å². The Morgan fingerprint density at radius 2 is 1.78 bits per heavy atom. The number of benzene rings is 1. The van der Waals surface area contributed by atoms with Crippen molar-refractivity contribution in [2.75, 3.05) is 0 Å². The van der Waals surface area contributed by atoms with Crippen LogP contribution in [0.5, 0.6) is 0 Å². The number of halogens is 1. The first-order valence-electron chi connectivity index (χ1n) is 6.69. The van der Waals surface area contributed by atoms with Gasteiger partial charge in [-0.25, -0.2) is 0 Å². The molecule has 0 aromatic heterocycles. The predicted octanol–water partition coefficient (Wildman–Crippen LogP) is 5.49. The molecule has 18 heavy (non-hydrogen) atoms. The normalized spacial score (nSPS) is 12.7. The smallest absolute Gasteiger partial charge is 0.0668 e. The Morgan fingerprint density at radius 1 is 1.17 bits per heavy atom. The molecule has 2 heteroatoms. The second-order valence-corrected chi connectivity index (χ2v) is 11.5. The van der Waals surface area contributed by atoms with E-state index in [9.17, 15) is 0 Å². The number of rotatable bonds is 4. The van der Waals surface area contributed by atoms with Gasteiger partial charge in [-0.2, -0.15) is 0 Å². The summed E-state index contributed by atoms with van der Waals surface area (Å²) in [5.74, 6) is 6.86. The molecular weight excluding hydrogens is 256 g/mol. The van der Waals surface area contributed by atoms with Crippen molar-refractivity contribution in [1.29, 1.82) is 0 Å². The van der Waals surface area contributed by atoms with Crippen molar-refractivity contribution in [1.82, 2.24) is 0 Å². The molecule has 0 heterocycles. The maximum atomic E-state index is 5.95. The molecule has 0 fully saturated rings. The molecule has 1 atom stereocenters. The zero-order chi connectivity index (χ0) is 13.6. The highest BCUT2D eigenvalue weighted by Gasteiger charge is 2.26. The Labute approximate surface area is 118 Å². The molecule has 0 spiro atoms. The highest BCUT2D eigenvalue weighted by Crippen LogP contribution is 2.27. The van der Waals surface area contributed by atoms with Crippen molar-refractivity contribution < 1.29 is 0 Å². The molecule has 1 aromatic carbocycles. The molecule has 0 saturated heterocycles. The molecule has 0 aliphatic heterocycles. The zero-order valence-corrected chi connectivity index (χ0v) is 13.6. The lowest BCUT2D eigenvalue weighted by Crippen LogP contribution is -2.30. The van der Waals surface area contributed by atoms with Crippen LogP contribution in [0.15, 0.2) is 24.3 Å². The van der Waals surface area contributed by atoms with Gasteiger partial charge in [0.25, 0.3) is 0 Å². The predicted molar refractivity (Wildman–Crippen MR) is 84.8 cm³/mol. The van der Waals surface area contributed by atoms with Crippen molar-refractivity contribution in [2.24, 2.45) is 0 Å². The van der Waals surface area contributed by atoms with Gasteiger partial charge in [0, 0.05) is 17.0 Å². The van der Waals surface area contributed by atoms with Crippen LogP contribution in [0, 0.1) is 11.8 Å². The molecule has 0 aliphatic rings. The van der Waals surface area contributed by atoms with Gasteiger partial charge in [0.1, 0.15) is 0 Å². The third-order valence-corrected chi connectivity index (χ3v) is 5.43. The minimum atomic E-state index is -1.32. The van der Waals surface area contributed by atoms with Crippen molar-refractivity contribution in [3.05, 3.63) is 34.9 Å². The monoisotopic (exact) mass is 278 g/mol. The Bertz CT molecular complexity index is 417. The van der Waals surface area contributed by atoms with Crippen LogP contribution in [-0.2, 0) is 0 Å². The molecule has 1 aromatic rings. The lowest BCUT2D eigenvalue weighted by atomic mass is 10.1. The molecular formula is C16H23ClSi. The minimum absolute atomic E-state index is 0.409. The number of hydrogen-bond donors (Lipinski definition) is 0. The molecule has 0 nitrogen and oxygen atoms in total. The lowest BCUT2D eigenvalue weighted by Gasteiger charge is -2.24. The second kappa shape index (κ2) is 7.02. The van der Waals surface area contributed by atoms with Crippen LogP contribution in [0.4, 0.5) is 0 Å². The molecule has 0 radical (unpaired) electrons. The third-order valence-electron chi connectivity index (χ3n) is 2.97. The van der Waals surface area contributed by atoms with Gasteiger partial charge in [0.05, 0.1) is 8.07 Å². The van der Waals surface area contributed by atoms with Crippen LogP contribution in [-0.4, -0.2) is 8.07 Å². The molecule has 0 bridgehead atoms. The first kappa shape index (κ1) is 15.3. The van der Waals surface area contributed by atoms with E-state index in [1.807, 2.05) is 12.1 Å². The molecule has 0 saturated carbocycles. The lowest BCUT2D eigenvalue weighted by molar-refractivity contribution is 0.827. The Morgan fingerprint density at radius 3 is 2.28 bits per heavy atom. The van der Waals surface area contributed by atoms with Gasteiger partial charge in [-0.05, 0) is 24.1 Å². The molecule has 0 aliphatic carbocycles. The Kier molecular flexibility index (Phi) is 5.98. The van der Waals surface area contributed by atoms with E-state index < -0.39 is 8.07 Å². The zero-order valence-electron chi connectivity index (χ0n) is 11.9. The van der Waals surface area contributed by atoms with Gasteiger partial charge in [0.15, 0.2) is 0 Å². The van der Waals surface area contributed by atoms with E-state index in [1.165, 1.54) is 18.4 Å². The Hall–Kier alpha value is -0.713. The molecule has 1 rings (SSSR count). The summed E-state index contributed by atoms with van der Waals surface area (Å²) in [4.78, 5) is 0. The van der Waals surface area contributed by atoms with Crippen molar-refractivity contribution in [3.8, 4) is 11.8 Å². The minimum Gasteiger partial charge on any atom is -0.103 e. The fourth-order valence-corrected chi connectivity index (χ4v) is 3.75. The Balaban J connectivity index is 2.91. The summed E-state index contributed by atoms with van der Waals surface area (Å²) >= 11 is 5.95. The molecule has 0 N–H and O–H groups in total. The summed E-state index contributed by atoms with van der Waals surface area (Å²) in [5, 5.41) is 0.798. The van der Waals surface area contributed by atoms with Crippen LogP contribution in [0.25, 0.3) is 0 Å². The third kappa shape index (κ3) is 4.88.